The van der Waals surface area contributed by atoms with Crippen molar-refractivity contribution in [3.05, 3.63) is 77.9 Å². The molecule has 1 heterocycles. The van der Waals surface area contributed by atoms with Crippen LogP contribution in [-0.2, 0) is 11.3 Å². The summed E-state index contributed by atoms with van der Waals surface area (Å²) in [6.07, 6.45) is 0.841. The molecule has 3 aromatic carbocycles. The summed E-state index contributed by atoms with van der Waals surface area (Å²) in [4.78, 5) is 24.6. The minimum atomic E-state index is -0.215. The number of para-hydroxylation sites is 1. The van der Waals surface area contributed by atoms with Crippen LogP contribution < -0.4 is 10.6 Å². The molecule has 0 aliphatic carbocycles. The quantitative estimate of drug-likeness (QED) is 0.179. The van der Waals surface area contributed by atoms with Crippen molar-refractivity contribution in [1.82, 2.24) is 9.88 Å². The van der Waals surface area contributed by atoms with Crippen LogP contribution in [0.25, 0.3) is 21.8 Å². The van der Waals surface area contributed by atoms with Crippen molar-refractivity contribution in [3.8, 4) is 6.07 Å². The molecule has 0 aliphatic rings. The predicted molar refractivity (Wildman–Crippen MR) is 140 cm³/mol. The largest absolute Gasteiger partial charge is 0.352 e. The average Bonchev–Trinajstić information content (AvgIpc) is 3.15. The van der Waals surface area contributed by atoms with Gasteiger partial charge in [-0.05, 0) is 55.0 Å². The minimum absolute atomic E-state index is 0.0852. The normalized spacial score (nSPS) is 10.8. The third kappa shape index (κ3) is 5.17. The molecule has 0 aliphatic heterocycles. The van der Waals surface area contributed by atoms with E-state index in [-0.39, 0.29) is 11.8 Å². The van der Waals surface area contributed by atoms with Crippen LogP contribution in [0.2, 0.25) is 0 Å². The molecule has 4 rings (SSSR count). The summed E-state index contributed by atoms with van der Waals surface area (Å²) in [6, 6.07) is 22.9. The van der Waals surface area contributed by atoms with Crippen LogP contribution in [0, 0.1) is 11.3 Å². The van der Waals surface area contributed by atoms with E-state index >= 15 is 0 Å². The van der Waals surface area contributed by atoms with Gasteiger partial charge in [-0.15, -0.1) is 0 Å². The molecular weight excluding hydrogens is 527 g/mol. The highest BCUT2D eigenvalue weighted by Gasteiger charge is 2.12. The number of alkyl halides is 1. The van der Waals surface area contributed by atoms with E-state index in [2.05, 4.69) is 56.0 Å². The number of nitrogens with one attached hydrogen (secondary N) is 2. The fourth-order valence-electron chi connectivity index (χ4n) is 3.93. The first kappa shape index (κ1) is 22.8. The second kappa shape index (κ2) is 10.5. The average molecular weight is 550 g/mol. The number of hydrogen-bond acceptors (Lipinski definition) is 3. The number of halogens is 1. The van der Waals surface area contributed by atoms with Crippen LogP contribution in [0.4, 0.5) is 5.69 Å². The maximum atomic E-state index is 12.4. The molecule has 4 aromatic rings. The number of benzene rings is 3. The first-order valence-electron chi connectivity index (χ1n) is 10.8. The van der Waals surface area contributed by atoms with Crippen molar-refractivity contribution < 1.29 is 9.59 Å². The summed E-state index contributed by atoms with van der Waals surface area (Å²) in [5.41, 5.74) is 4.14. The molecule has 6 nitrogen and oxygen atoms in total. The maximum Gasteiger partial charge on any atom is 0.251 e. The van der Waals surface area contributed by atoms with E-state index in [4.69, 9.17) is 5.26 Å². The Labute approximate surface area is 205 Å². The Morgan fingerprint density at radius 2 is 1.73 bits per heavy atom. The zero-order valence-electron chi connectivity index (χ0n) is 18.0. The molecule has 0 radical (unpaired) electrons. The predicted octanol–water partition coefficient (Wildman–Crippen LogP) is 5.25. The molecule has 2 N–H and O–H groups in total. The van der Waals surface area contributed by atoms with E-state index in [1.54, 1.807) is 24.3 Å². The smallest absolute Gasteiger partial charge is 0.251 e. The molecule has 0 saturated heterocycles. The minimum Gasteiger partial charge on any atom is -0.352 e. The molecule has 0 unspecified atom stereocenters. The Bertz CT molecular complexity index is 1350. The van der Waals surface area contributed by atoms with Gasteiger partial charge in [-0.3, -0.25) is 9.59 Å². The molecule has 2 amide bonds. The molecular formula is C26H23IN4O2. The Hall–Kier alpha value is -3.38. The van der Waals surface area contributed by atoms with Crippen molar-refractivity contribution in [2.24, 2.45) is 0 Å². The number of aryl methyl sites for hydroxylation is 1. The van der Waals surface area contributed by atoms with E-state index in [0.717, 1.165) is 27.6 Å². The van der Waals surface area contributed by atoms with Gasteiger partial charge >= 0.3 is 0 Å². The Morgan fingerprint density at radius 3 is 2.48 bits per heavy atom. The van der Waals surface area contributed by atoms with E-state index < -0.39 is 0 Å². The Balaban J connectivity index is 1.34. The molecule has 1 aromatic heterocycles. The zero-order valence-corrected chi connectivity index (χ0v) is 20.1. The van der Waals surface area contributed by atoms with Crippen molar-refractivity contribution in [3.63, 3.8) is 0 Å². The second-order valence-electron chi connectivity index (χ2n) is 7.69. The first-order chi connectivity index (χ1) is 16.1. The number of anilines is 1. The number of amides is 2. The van der Waals surface area contributed by atoms with E-state index in [9.17, 15) is 9.59 Å². The standard InChI is InChI=1S/C26H23IN4O2/c27-13-15-31-23-5-2-1-4-21(23)22-16-20(11-12-24(22)31)30-25(32)6-3-14-29-26(33)19-9-7-18(17-28)8-10-19/h1-2,4-5,7-12,16H,3,6,13-15H2,(H,29,33)(H,30,32). The highest BCUT2D eigenvalue weighted by molar-refractivity contribution is 14.1. The molecule has 166 valence electrons. The highest BCUT2D eigenvalue weighted by Crippen LogP contribution is 2.31. The SMILES string of the molecule is N#Cc1ccc(C(=O)NCCCC(=O)Nc2ccc3c(c2)c2ccccc2n3CCI)cc1. The van der Waals surface area contributed by atoms with E-state index in [0.29, 0.717) is 30.5 Å². The monoisotopic (exact) mass is 550 g/mol. The lowest BCUT2D eigenvalue weighted by Gasteiger charge is -2.08. The zero-order chi connectivity index (χ0) is 23.2. The number of carbonyl (C=O) groups is 2. The lowest BCUT2D eigenvalue weighted by atomic mass is 10.1. The third-order valence-corrected chi connectivity index (χ3v) is 5.99. The topological polar surface area (TPSA) is 86.9 Å². The van der Waals surface area contributed by atoms with Gasteiger partial charge in [0, 0.05) is 57.0 Å². The number of nitriles is 1. The van der Waals surface area contributed by atoms with Gasteiger partial charge in [0.2, 0.25) is 5.91 Å². The van der Waals surface area contributed by atoms with Crippen molar-refractivity contribution >= 4 is 61.9 Å². The van der Waals surface area contributed by atoms with E-state index in [1.165, 1.54) is 10.9 Å². The summed E-state index contributed by atoms with van der Waals surface area (Å²) >= 11 is 2.39. The molecule has 0 atom stereocenters. The lowest BCUT2D eigenvalue weighted by molar-refractivity contribution is -0.116. The number of carbonyl (C=O) groups excluding carboxylic acids is 2. The number of fused-ring (bicyclic) bond motifs is 3. The maximum absolute atomic E-state index is 12.4. The highest BCUT2D eigenvalue weighted by atomic mass is 127. The van der Waals surface area contributed by atoms with Gasteiger partial charge in [0.1, 0.15) is 0 Å². The van der Waals surface area contributed by atoms with Gasteiger partial charge in [-0.1, -0.05) is 40.8 Å². The Kier molecular flexibility index (Phi) is 7.25. The van der Waals surface area contributed by atoms with Crippen LogP contribution >= 0.6 is 22.6 Å². The summed E-state index contributed by atoms with van der Waals surface area (Å²) in [6.45, 7) is 1.33. The van der Waals surface area contributed by atoms with Crippen LogP contribution in [-0.4, -0.2) is 27.4 Å². The molecule has 0 saturated carbocycles. The van der Waals surface area contributed by atoms with Crippen LogP contribution in [0.5, 0.6) is 0 Å². The van der Waals surface area contributed by atoms with Crippen molar-refractivity contribution in [2.45, 2.75) is 19.4 Å². The fourth-order valence-corrected chi connectivity index (χ4v) is 4.41. The summed E-state index contributed by atoms with van der Waals surface area (Å²) in [5, 5.41) is 16.9. The van der Waals surface area contributed by atoms with Gasteiger partial charge < -0.3 is 15.2 Å². The molecule has 7 heteroatoms. The number of aromatic nitrogens is 1. The summed E-state index contributed by atoms with van der Waals surface area (Å²) in [5.74, 6) is -0.300. The number of nitrogens with zero attached hydrogens (tertiary/aromatic N) is 2. The van der Waals surface area contributed by atoms with Crippen molar-refractivity contribution in [1.29, 1.82) is 5.26 Å². The summed E-state index contributed by atoms with van der Waals surface area (Å²) < 4.78 is 3.34. The second-order valence-corrected chi connectivity index (χ2v) is 8.77. The molecule has 0 fully saturated rings. The van der Waals surface area contributed by atoms with Crippen LogP contribution in [0.15, 0.2) is 66.7 Å². The van der Waals surface area contributed by atoms with Gasteiger partial charge in [0.05, 0.1) is 11.6 Å². The van der Waals surface area contributed by atoms with Crippen LogP contribution in [0.3, 0.4) is 0 Å². The van der Waals surface area contributed by atoms with Gasteiger partial charge in [0.15, 0.2) is 0 Å². The fraction of sp³-hybridized carbons (Fsp3) is 0.192. The Morgan fingerprint density at radius 1 is 0.970 bits per heavy atom. The first-order valence-corrected chi connectivity index (χ1v) is 12.3. The molecule has 0 spiro atoms. The summed E-state index contributed by atoms with van der Waals surface area (Å²) in [7, 11) is 0. The van der Waals surface area contributed by atoms with Gasteiger partial charge in [-0.2, -0.15) is 5.26 Å². The lowest BCUT2D eigenvalue weighted by Crippen LogP contribution is -2.25. The molecule has 33 heavy (non-hydrogen) atoms. The number of hydrogen-bond donors (Lipinski definition) is 2. The van der Waals surface area contributed by atoms with Gasteiger partial charge in [-0.25, -0.2) is 0 Å². The third-order valence-electron chi connectivity index (χ3n) is 5.51. The van der Waals surface area contributed by atoms with Crippen molar-refractivity contribution in [2.75, 3.05) is 16.3 Å². The van der Waals surface area contributed by atoms with E-state index in [1.807, 2.05) is 30.3 Å². The van der Waals surface area contributed by atoms with Crippen LogP contribution in [0.1, 0.15) is 28.8 Å². The molecule has 0 bridgehead atoms. The van der Waals surface area contributed by atoms with Gasteiger partial charge in [0.25, 0.3) is 5.91 Å². The number of rotatable bonds is 8.